The van der Waals surface area contributed by atoms with E-state index in [4.69, 9.17) is 5.73 Å². The van der Waals surface area contributed by atoms with Crippen molar-refractivity contribution >= 4 is 11.6 Å². The third-order valence-corrected chi connectivity index (χ3v) is 2.92. The Kier molecular flexibility index (Phi) is 4.13. The van der Waals surface area contributed by atoms with Gasteiger partial charge >= 0.3 is 0 Å². The first-order valence-electron chi connectivity index (χ1n) is 6.19. The number of nitrogens with zero attached hydrogens (tertiary/aromatic N) is 2. The third-order valence-electron chi connectivity index (χ3n) is 2.92. The van der Waals surface area contributed by atoms with Crippen LogP contribution in [0.1, 0.15) is 16.8 Å². The van der Waals surface area contributed by atoms with Gasteiger partial charge in [-0.2, -0.15) is 0 Å². The number of guanidine groups is 1. The number of anilines is 1. The number of hydrogen-bond donors (Lipinski definition) is 2. The predicted octanol–water partition coefficient (Wildman–Crippen LogP) is 2.63. The van der Waals surface area contributed by atoms with Crippen molar-refractivity contribution in [2.45, 2.75) is 20.4 Å². The SMILES string of the molecule is Cc1ccc(NC(N)=NCc2ccccn2)cc1C. The molecule has 1 aromatic heterocycles. The minimum absolute atomic E-state index is 0.397. The van der Waals surface area contributed by atoms with Crippen LogP contribution in [0.4, 0.5) is 5.69 Å². The van der Waals surface area contributed by atoms with Crippen molar-refractivity contribution in [2.24, 2.45) is 10.7 Å². The highest BCUT2D eigenvalue weighted by atomic mass is 15.1. The molecule has 0 unspecified atom stereocenters. The van der Waals surface area contributed by atoms with Crippen LogP contribution in [0.2, 0.25) is 0 Å². The number of rotatable bonds is 3. The molecule has 0 atom stereocenters. The Morgan fingerprint density at radius 3 is 2.74 bits per heavy atom. The standard InChI is InChI=1S/C15H18N4/c1-11-6-7-13(9-12(11)2)19-15(16)18-10-14-5-3-4-8-17-14/h3-9H,10H2,1-2H3,(H3,16,18,19). The molecule has 2 aromatic rings. The summed E-state index contributed by atoms with van der Waals surface area (Å²) in [6.07, 6.45) is 1.75. The number of nitrogens with one attached hydrogen (secondary N) is 1. The molecule has 2 rings (SSSR count). The van der Waals surface area contributed by atoms with E-state index in [-0.39, 0.29) is 0 Å². The van der Waals surface area contributed by atoms with Gasteiger partial charge in [0.25, 0.3) is 0 Å². The molecule has 3 N–H and O–H groups in total. The zero-order valence-electron chi connectivity index (χ0n) is 11.2. The number of aromatic nitrogens is 1. The fourth-order valence-corrected chi connectivity index (χ4v) is 1.66. The minimum Gasteiger partial charge on any atom is -0.370 e. The van der Waals surface area contributed by atoms with Crippen molar-refractivity contribution in [2.75, 3.05) is 5.32 Å². The number of pyridine rings is 1. The van der Waals surface area contributed by atoms with Crippen molar-refractivity contribution in [1.82, 2.24) is 4.98 Å². The summed E-state index contributed by atoms with van der Waals surface area (Å²) in [5, 5.41) is 3.08. The fourth-order valence-electron chi connectivity index (χ4n) is 1.66. The Balaban J connectivity index is 2.00. The van der Waals surface area contributed by atoms with E-state index in [2.05, 4.69) is 41.3 Å². The molecule has 0 radical (unpaired) electrons. The van der Waals surface area contributed by atoms with Crippen molar-refractivity contribution in [3.05, 3.63) is 59.4 Å². The first-order valence-corrected chi connectivity index (χ1v) is 6.19. The predicted molar refractivity (Wildman–Crippen MR) is 79.1 cm³/mol. The Morgan fingerprint density at radius 2 is 2.05 bits per heavy atom. The molecule has 4 heteroatoms. The molecule has 1 heterocycles. The highest BCUT2D eigenvalue weighted by molar-refractivity contribution is 5.92. The van der Waals surface area contributed by atoms with Crippen LogP contribution < -0.4 is 11.1 Å². The van der Waals surface area contributed by atoms with E-state index in [0.717, 1.165) is 11.4 Å². The van der Waals surface area contributed by atoms with E-state index in [9.17, 15) is 0 Å². The molecule has 98 valence electrons. The van der Waals surface area contributed by atoms with Gasteiger partial charge in [-0.25, -0.2) is 4.99 Å². The van der Waals surface area contributed by atoms with Crippen LogP contribution in [-0.2, 0) is 6.54 Å². The van der Waals surface area contributed by atoms with Gasteiger partial charge in [0.15, 0.2) is 5.96 Å². The molecule has 0 aliphatic carbocycles. The number of aliphatic imine (C=N–C) groups is 1. The first-order chi connectivity index (χ1) is 9.15. The van der Waals surface area contributed by atoms with E-state index in [1.807, 2.05) is 24.3 Å². The smallest absolute Gasteiger partial charge is 0.193 e. The highest BCUT2D eigenvalue weighted by Crippen LogP contribution is 2.13. The summed E-state index contributed by atoms with van der Waals surface area (Å²) in [6, 6.07) is 11.8. The molecule has 0 bridgehead atoms. The molecular formula is C15H18N4. The van der Waals surface area contributed by atoms with Gasteiger partial charge in [-0.05, 0) is 49.2 Å². The highest BCUT2D eigenvalue weighted by Gasteiger charge is 1.98. The summed E-state index contributed by atoms with van der Waals surface area (Å²) in [5.74, 6) is 0.397. The van der Waals surface area contributed by atoms with Gasteiger partial charge in [-0.3, -0.25) is 4.98 Å². The van der Waals surface area contributed by atoms with Crippen molar-refractivity contribution in [3.8, 4) is 0 Å². The summed E-state index contributed by atoms with van der Waals surface area (Å²) in [7, 11) is 0. The first kappa shape index (κ1) is 13.1. The van der Waals surface area contributed by atoms with Gasteiger partial charge in [0.2, 0.25) is 0 Å². The minimum atomic E-state index is 0.397. The lowest BCUT2D eigenvalue weighted by molar-refractivity contribution is 0.985. The second-order valence-electron chi connectivity index (χ2n) is 4.45. The maximum atomic E-state index is 5.85. The molecule has 0 amide bonds. The van der Waals surface area contributed by atoms with Crippen molar-refractivity contribution in [1.29, 1.82) is 0 Å². The molecule has 19 heavy (non-hydrogen) atoms. The van der Waals surface area contributed by atoms with Gasteiger partial charge in [-0.1, -0.05) is 12.1 Å². The van der Waals surface area contributed by atoms with Crippen molar-refractivity contribution in [3.63, 3.8) is 0 Å². The zero-order chi connectivity index (χ0) is 13.7. The summed E-state index contributed by atoms with van der Waals surface area (Å²) in [6.45, 7) is 4.63. The van der Waals surface area contributed by atoms with Crippen LogP contribution in [0.15, 0.2) is 47.6 Å². The average molecular weight is 254 g/mol. The molecule has 0 aliphatic heterocycles. The van der Waals surface area contributed by atoms with Crippen LogP contribution in [-0.4, -0.2) is 10.9 Å². The zero-order valence-corrected chi connectivity index (χ0v) is 11.2. The molecule has 0 spiro atoms. The third kappa shape index (κ3) is 3.81. The van der Waals surface area contributed by atoms with E-state index in [1.54, 1.807) is 6.20 Å². The van der Waals surface area contributed by atoms with Gasteiger partial charge in [0.1, 0.15) is 0 Å². The summed E-state index contributed by atoms with van der Waals surface area (Å²) in [5.41, 5.74) is 10.2. The van der Waals surface area contributed by atoms with Crippen LogP contribution in [0, 0.1) is 13.8 Å². The Labute approximate surface area is 113 Å². The molecule has 4 nitrogen and oxygen atoms in total. The molecular weight excluding hydrogens is 236 g/mol. The summed E-state index contributed by atoms with van der Waals surface area (Å²) in [4.78, 5) is 8.46. The van der Waals surface area contributed by atoms with Gasteiger partial charge in [0.05, 0.1) is 12.2 Å². The largest absolute Gasteiger partial charge is 0.370 e. The lowest BCUT2D eigenvalue weighted by Crippen LogP contribution is -2.22. The lowest BCUT2D eigenvalue weighted by atomic mass is 10.1. The normalized spacial score (nSPS) is 11.4. The van der Waals surface area contributed by atoms with E-state index < -0.39 is 0 Å². The van der Waals surface area contributed by atoms with Gasteiger partial charge in [-0.15, -0.1) is 0 Å². The number of aryl methyl sites for hydroxylation is 2. The van der Waals surface area contributed by atoms with E-state index in [1.165, 1.54) is 11.1 Å². The number of nitrogens with two attached hydrogens (primary N) is 1. The summed E-state index contributed by atoms with van der Waals surface area (Å²) >= 11 is 0. The average Bonchev–Trinajstić information content (AvgIpc) is 2.42. The van der Waals surface area contributed by atoms with E-state index >= 15 is 0 Å². The Morgan fingerprint density at radius 1 is 1.21 bits per heavy atom. The molecule has 1 aromatic carbocycles. The molecule has 0 aliphatic rings. The van der Waals surface area contributed by atoms with E-state index in [0.29, 0.717) is 12.5 Å². The van der Waals surface area contributed by atoms with Gasteiger partial charge in [0, 0.05) is 11.9 Å². The van der Waals surface area contributed by atoms with Crippen LogP contribution >= 0.6 is 0 Å². The molecule has 0 saturated carbocycles. The molecule has 0 fully saturated rings. The number of hydrogen-bond acceptors (Lipinski definition) is 2. The molecule has 0 saturated heterocycles. The summed E-state index contributed by atoms with van der Waals surface area (Å²) < 4.78 is 0. The van der Waals surface area contributed by atoms with Crippen LogP contribution in [0.5, 0.6) is 0 Å². The second kappa shape index (κ2) is 6.00. The monoisotopic (exact) mass is 254 g/mol. The fraction of sp³-hybridized carbons (Fsp3) is 0.200. The topological polar surface area (TPSA) is 63.3 Å². The number of benzene rings is 1. The van der Waals surface area contributed by atoms with Gasteiger partial charge < -0.3 is 11.1 Å². The lowest BCUT2D eigenvalue weighted by Gasteiger charge is -2.08. The van der Waals surface area contributed by atoms with Crippen LogP contribution in [0.25, 0.3) is 0 Å². The maximum Gasteiger partial charge on any atom is 0.193 e. The second-order valence-corrected chi connectivity index (χ2v) is 4.45. The quantitative estimate of drug-likeness (QED) is 0.653. The Hall–Kier alpha value is -2.36. The Bertz CT molecular complexity index is 576. The maximum absolute atomic E-state index is 5.85. The van der Waals surface area contributed by atoms with Crippen LogP contribution in [0.3, 0.4) is 0 Å². The van der Waals surface area contributed by atoms with Crippen molar-refractivity contribution < 1.29 is 0 Å².